The molecular formula is C26H24N2O5. The van der Waals surface area contributed by atoms with Gasteiger partial charge in [-0.1, -0.05) is 54.5 Å². The fraction of sp³-hybridized carbons (Fsp3) is 0.346. The predicted molar refractivity (Wildman–Crippen MR) is 120 cm³/mol. The maximum atomic E-state index is 12.5. The molecule has 0 radical (unpaired) electrons. The first-order valence-electron chi connectivity index (χ1n) is 11.2. The van der Waals surface area contributed by atoms with Gasteiger partial charge in [-0.3, -0.25) is 9.59 Å². The average Bonchev–Trinajstić information content (AvgIpc) is 3.50. The van der Waals surface area contributed by atoms with Gasteiger partial charge in [0.05, 0.1) is 12.5 Å². The highest BCUT2D eigenvalue weighted by Crippen LogP contribution is 2.44. The summed E-state index contributed by atoms with van der Waals surface area (Å²) in [6, 6.07) is 15.9. The van der Waals surface area contributed by atoms with Gasteiger partial charge in [-0.25, -0.2) is 4.79 Å². The van der Waals surface area contributed by atoms with E-state index in [0.29, 0.717) is 12.8 Å². The number of fused-ring (bicyclic) bond motifs is 5. The third-order valence-electron chi connectivity index (χ3n) is 6.95. The largest absolute Gasteiger partial charge is 0.481 e. The summed E-state index contributed by atoms with van der Waals surface area (Å²) in [7, 11) is 0. The number of alkyl carbamates (subject to hydrolysis) is 1. The number of nitrogens with zero attached hydrogens (tertiary/aromatic N) is 1. The minimum absolute atomic E-state index is 0.0199. The highest BCUT2D eigenvalue weighted by molar-refractivity contribution is 5.95. The normalized spacial score (nSPS) is 22.2. The van der Waals surface area contributed by atoms with Crippen molar-refractivity contribution in [3.05, 3.63) is 59.7 Å². The number of hydrogen-bond acceptors (Lipinski definition) is 4. The lowest BCUT2D eigenvalue weighted by Gasteiger charge is -2.20. The molecule has 0 spiro atoms. The second-order valence-electron chi connectivity index (χ2n) is 8.67. The molecule has 1 aliphatic carbocycles. The van der Waals surface area contributed by atoms with E-state index >= 15 is 0 Å². The number of amides is 2. The number of carboxylic acids is 1. The average molecular weight is 444 g/mol. The Kier molecular flexibility index (Phi) is 5.51. The molecule has 3 unspecified atom stereocenters. The third kappa shape index (κ3) is 3.82. The molecule has 2 aromatic carbocycles. The Morgan fingerprint density at radius 2 is 1.70 bits per heavy atom. The summed E-state index contributed by atoms with van der Waals surface area (Å²) < 4.78 is 5.45. The zero-order valence-electron chi connectivity index (χ0n) is 18.0. The van der Waals surface area contributed by atoms with Crippen LogP contribution in [0.5, 0.6) is 0 Å². The van der Waals surface area contributed by atoms with Crippen LogP contribution in [-0.4, -0.2) is 53.2 Å². The van der Waals surface area contributed by atoms with Crippen molar-refractivity contribution < 1.29 is 24.2 Å². The van der Waals surface area contributed by atoms with Crippen LogP contribution in [0.3, 0.4) is 0 Å². The highest BCUT2D eigenvalue weighted by Gasteiger charge is 2.51. The van der Waals surface area contributed by atoms with E-state index in [9.17, 15) is 19.5 Å². The van der Waals surface area contributed by atoms with Gasteiger partial charge in [-0.15, -0.1) is 0 Å². The summed E-state index contributed by atoms with van der Waals surface area (Å²) in [6.07, 6.45) is 1.42. The van der Waals surface area contributed by atoms with E-state index < -0.39 is 18.0 Å². The Labute approximate surface area is 191 Å². The SMILES string of the molecule is O=C(NCC#CC(=O)N1C2CCC1C(C(=O)O)C2)OCC1c2ccccc2-c2ccccc21. The third-order valence-corrected chi connectivity index (χ3v) is 6.95. The van der Waals surface area contributed by atoms with Gasteiger partial charge in [-0.05, 0) is 47.4 Å². The second-order valence-corrected chi connectivity index (χ2v) is 8.67. The molecule has 2 aliphatic heterocycles. The highest BCUT2D eigenvalue weighted by atomic mass is 16.5. The molecule has 33 heavy (non-hydrogen) atoms. The molecule has 3 aliphatic rings. The van der Waals surface area contributed by atoms with Gasteiger partial charge >= 0.3 is 12.1 Å². The Morgan fingerprint density at radius 3 is 2.33 bits per heavy atom. The van der Waals surface area contributed by atoms with Crippen LogP contribution in [0.2, 0.25) is 0 Å². The number of carbonyl (C=O) groups is 3. The molecule has 2 bridgehead atoms. The summed E-state index contributed by atoms with van der Waals surface area (Å²) in [5.41, 5.74) is 4.59. The molecule has 2 amide bonds. The number of rotatable bonds is 4. The van der Waals surface area contributed by atoms with Crippen molar-refractivity contribution in [2.45, 2.75) is 37.3 Å². The van der Waals surface area contributed by atoms with Crippen molar-refractivity contribution in [2.75, 3.05) is 13.2 Å². The minimum Gasteiger partial charge on any atom is -0.481 e. The van der Waals surface area contributed by atoms with Crippen LogP contribution < -0.4 is 5.32 Å². The Bertz CT molecular complexity index is 1130. The molecule has 2 fully saturated rings. The fourth-order valence-corrected chi connectivity index (χ4v) is 5.52. The topological polar surface area (TPSA) is 95.9 Å². The smallest absolute Gasteiger partial charge is 0.407 e. The molecule has 2 heterocycles. The molecule has 0 aromatic heterocycles. The maximum Gasteiger partial charge on any atom is 0.407 e. The fourth-order valence-electron chi connectivity index (χ4n) is 5.52. The summed E-state index contributed by atoms with van der Waals surface area (Å²) in [5.74, 6) is 3.44. The summed E-state index contributed by atoms with van der Waals surface area (Å²) in [6.45, 7) is 0.188. The van der Waals surface area contributed by atoms with E-state index in [4.69, 9.17) is 4.74 Å². The van der Waals surface area contributed by atoms with Crippen molar-refractivity contribution in [3.63, 3.8) is 0 Å². The molecular weight excluding hydrogens is 420 g/mol. The molecule has 7 nitrogen and oxygen atoms in total. The number of carboxylic acid groups (broad SMARTS) is 1. The van der Waals surface area contributed by atoms with Crippen molar-refractivity contribution in [2.24, 2.45) is 5.92 Å². The van der Waals surface area contributed by atoms with E-state index in [-0.39, 0.29) is 37.1 Å². The number of aliphatic carboxylic acids is 1. The van der Waals surface area contributed by atoms with Gasteiger partial charge in [0.1, 0.15) is 6.61 Å². The van der Waals surface area contributed by atoms with E-state index in [2.05, 4.69) is 41.4 Å². The van der Waals surface area contributed by atoms with E-state index in [1.165, 1.54) is 0 Å². The predicted octanol–water partition coefficient (Wildman–Crippen LogP) is 2.99. The number of benzene rings is 2. The van der Waals surface area contributed by atoms with Gasteiger partial charge in [-0.2, -0.15) is 0 Å². The lowest BCUT2D eigenvalue weighted by molar-refractivity contribution is -0.142. The number of nitrogens with one attached hydrogen (secondary N) is 1. The molecule has 3 atom stereocenters. The van der Waals surface area contributed by atoms with E-state index in [0.717, 1.165) is 28.7 Å². The van der Waals surface area contributed by atoms with Crippen LogP contribution >= 0.6 is 0 Å². The summed E-state index contributed by atoms with van der Waals surface area (Å²) in [5, 5.41) is 11.9. The quantitative estimate of drug-likeness (QED) is 0.707. The first kappa shape index (κ1) is 21.1. The number of carbonyl (C=O) groups excluding carboxylic acids is 2. The van der Waals surface area contributed by atoms with Gasteiger partial charge in [0, 0.05) is 18.0 Å². The van der Waals surface area contributed by atoms with Gasteiger partial charge in [0.15, 0.2) is 0 Å². The second kappa shape index (κ2) is 8.62. The zero-order valence-corrected chi connectivity index (χ0v) is 18.0. The standard InChI is InChI=1S/C26H24N2O5/c29-24(28-16-11-12-23(28)21(14-16)25(30)31)10-5-13-27-26(32)33-15-22-19-8-3-1-6-17(19)18-7-2-4-9-20(18)22/h1-4,6-9,16,21-23H,11-15H2,(H,27,32)(H,30,31). The molecule has 0 saturated carbocycles. The van der Waals surface area contributed by atoms with Crippen LogP contribution in [0.15, 0.2) is 48.5 Å². The van der Waals surface area contributed by atoms with Gasteiger partial charge in [0.2, 0.25) is 0 Å². The lowest BCUT2D eigenvalue weighted by atomic mass is 9.89. The Morgan fingerprint density at radius 1 is 1.03 bits per heavy atom. The van der Waals surface area contributed by atoms with E-state index in [1.54, 1.807) is 4.90 Å². The Balaban J connectivity index is 1.14. The minimum atomic E-state index is -0.857. The van der Waals surface area contributed by atoms with Crippen LogP contribution in [0.1, 0.15) is 36.3 Å². The van der Waals surface area contributed by atoms with Crippen molar-refractivity contribution in [1.82, 2.24) is 10.2 Å². The van der Waals surface area contributed by atoms with Crippen molar-refractivity contribution in [1.29, 1.82) is 0 Å². The first-order valence-corrected chi connectivity index (χ1v) is 11.2. The van der Waals surface area contributed by atoms with Crippen LogP contribution in [-0.2, 0) is 14.3 Å². The van der Waals surface area contributed by atoms with Crippen LogP contribution in [0.25, 0.3) is 11.1 Å². The number of ether oxygens (including phenoxy) is 1. The molecule has 7 heteroatoms. The van der Waals surface area contributed by atoms with Gasteiger partial charge < -0.3 is 20.1 Å². The summed E-state index contributed by atoms with van der Waals surface area (Å²) >= 11 is 0. The molecule has 2 saturated heterocycles. The zero-order chi connectivity index (χ0) is 22.9. The van der Waals surface area contributed by atoms with Crippen molar-refractivity contribution >= 4 is 18.0 Å². The maximum absolute atomic E-state index is 12.5. The molecule has 2 aromatic rings. The number of hydrogen-bond donors (Lipinski definition) is 2. The lowest BCUT2D eigenvalue weighted by Crippen LogP contribution is -2.37. The Hall–Kier alpha value is -3.79. The van der Waals surface area contributed by atoms with Crippen LogP contribution in [0.4, 0.5) is 4.79 Å². The van der Waals surface area contributed by atoms with Crippen LogP contribution in [0, 0.1) is 17.8 Å². The summed E-state index contributed by atoms with van der Waals surface area (Å²) in [4.78, 5) is 37.6. The monoisotopic (exact) mass is 444 g/mol. The first-order chi connectivity index (χ1) is 16.0. The molecule has 168 valence electrons. The molecule has 5 rings (SSSR count). The van der Waals surface area contributed by atoms with Gasteiger partial charge in [0.25, 0.3) is 5.91 Å². The molecule has 2 N–H and O–H groups in total. The van der Waals surface area contributed by atoms with E-state index in [1.807, 2.05) is 24.3 Å². The van der Waals surface area contributed by atoms with Crippen molar-refractivity contribution in [3.8, 4) is 23.0 Å².